The zero-order valence-electron chi connectivity index (χ0n) is 19.2. The number of carbonyl (C=O) groups excluding carboxylic acids is 2. The largest absolute Gasteiger partial charge is 0.365 e. The molecule has 7 nitrogen and oxygen atoms in total. The zero-order chi connectivity index (χ0) is 22.9. The quantitative estimate of drug-likeness (QED) is 0.526. The van der Waals surface area contributed by atoms with Crippen molar-refractivity contribution in [2.75, 3.05) is 31.6 Å². The van der Waals surface area contributed by atoms with Crippen molar-refractivity contribution < 1.29 is 9.59 Å². The van der Waals surface area contributed by atoms with E-state index >= 15 is 0 Å². The van der Waals surface area contributed by atoms with Crippen LogP contribution in [0, 0.1) is 5.41 Å². The number of aromatic nitrogens is 2. The monoisotopic (exact) mass is 435 g/mol. The smallest absolute Gasteiger partial charge is 0.252 e. The van der Waals surface area contributed by atoms with Crippen molar-refractivity contribution in [1.29, 1.82) is 0 Å². The van der Waals surface area contributed by atoms with Crippen LogP contribution in [0.25, 0.3) is 21.8 Å². The Kier molecular flexibility index (Phi) is 6.20. The summed E-state index contributed by atoms with van der Waals surface area (Å²) < 4.78 is 0. The lowest BCUT2D eigenvalue weighted by atomic mass is 9.77. The predicted octanol–water partition coefficient (Wildman–Crippen LogP) is 3.72. The molecule has 1 fully saturated rings. The van der Waals surface area contributed by atoms with Crippen LogP contribution in [0.3, 0.4) is 0 Å². The van der Waals surface area contributed by atoms with E-state index in [0.29, 0.717) is 23.7 Å². The van der Waals surface area contributed by atoms with Gasteiger partial charge in [0.25, 0.3) is 5.91 Å². The molecule has 7 heteroatoms. The number of rotatable bonds is 8. The molecule has 1 aliphatic rings. The number of hydrogen-bond donors (Lipinski definition) is 2. The number of primary amides is 1. The van der Waals surface area contributed by atoms with Gasteiger partial charge in [-0.1, -0.05) is 18.2 Å². The van der Waals surface area contributed by atoms with E-state index in [9.17, 15) is 9.59 Å². The normalized spacial score (nSPS) is 19.3. The Morgan fingerprint density at radius 2 is 2.16 bits per heavy atom. The number of nitrogens with zero attached hydrogens (tertiary/aromatic N) is 3. The summed E-state index contributed by atoms with van der Waals surface area (Å²) >= 11 is 0. The molecule has 1 aromatic carbocycles. The maximum Gasteiger partial charge on any atom is 0.252 e. The van der Waals surface area contributed by atoms with Crippen molar-refractivity contribution in [3.8, 4) is 0 Å². The Morgan fingerprint density at radius 3 is 2.88 bits per heavy atom. The minimum absolute atomic E-state index is 0.376. The van der Waals surface area contributed by atoms with E-state index in [2.05, 4.69) is 40.7 Å². The lowest BCUT2D eigenvalue weighted by Crippen LogP contribution is -2.45. The second-order valence-corrected chi connectivity index (χ2v) is 9.46. The number of piperidine rings is 1. The minimum atomic E-state index is -0.504. The number of amides is 1. The molecule has 32 heavy (non-hydrogen) atoms. The number of H-pyrrole nitrogens is 1. The van der Waals surface area contributed by atoms with E-state index in [-0.39, 0.29) is 5.41 Å². The van der Waals surface area contributed by atoms with Crippen LogP contribution in [-0.4, -0.2) is 59.8 Å². The number of fused-ring (bicyclic) bond motifs is 3. The number of aromatic amines is 1. The molecule has 0 saturated carbocycles. The number of hydrogen-bond acceptors (Lipinski definition) is 5. The molecule has 170 valence electrons. The molecule has 1 unspecified atom stereocenters. The molecule has 2 aromatic heterocycles. The van der Waals surface area contributed by atoms with Crippen molar-refractivity contribution in [3.05, 3.63) is 36.0 Å². The fourth-order valence-corrected chi connectivity index (χ4v) is 4.90. The molecule has 1 amide bonds. The average molecular weight is 436 g/mol. The summed E-state index contributed by atoms with van der Waals surface area (Å²) in [5.74, 6) is 0.309. The summed E-state index contributed by atoms with van der Waals surface area (Å²) in [4.78, 5) is 36.9. The molecule has 3 N–H and O–H groups in total. The maximum absolute atomic E-state index is 12.3. The lowest BCUT2D eigenvalue weighted by Gasteiger charge is -2.40. The van der Waals surface area contributed by atoms with Gasteiger partial charge in [0.2, 0.25) is 0 Å². The Balaban J connectivity index is 1.68. The Bertz CT molecular complexity index is 1140. The summed E-state index contributed by atoms with van der Waals surface area (Å²) in [7, 11) is 2.13. The second kappa shape index (κ2) is 8.90. The van der Waals surface area contributed by atoms with Crippen molar-refractivity contribution in [2.24, 2.45) is 11.1 Å². The topological polar surface area (TPSA) is 95.3 Å². The van der Waals surface area contributed by atoms with Gasteiger partial charge < -0.3 is 25.3 Å². The van der Waals surface area contributed by atoms with Crippen LogP contribution in [0.5, 0.6) is 0 Å². The fraction of sp³-hybridized carbons (Fsp3) is 0.480. The number of carbonyl (C=O) groups is 2. The molecule has 3 heterocycles. The van der Waals surface area contributed by atoms with Crippen LogP contribution in [0.15, 0.2) is 30.5 Å². The molecule has 1 saturated heterocycles. The molecule has 4 rings (SSSR count). The number of anilines is 1. The molecule has 0 aliphatic carbocycles. The number of benzene rings is 1. The number of nitrogens with one attached hydrogen (secondary N) is 1. The average Bonchev–Trinajstić information content (AvgIpc) is 3.18. The van der Waals surface area contributed by atoms with Gasteiger partial charge in [0.1, 0.15) is 12.1 Å². The second-order valence-electron chi connectivity index (χ2n) is 9.46. The first-order valence-electron chi connectivity index (χ1n) is 11.5. The molecule has 0 radical (unpaired) electrons. The van der Waals surface area contributed by atoms with E-state index in [4.69, 9.17) is 5.73 Å². The Labute approximate surface area is 189 Å². The van der Waals surface area contributed by atoms with E-state index in [1.807, 2.05) is 24.3 Å². The van der Waals surface area contributed by atoms with Crippen LogP contribution < -0.4 is 10.6 Å². The summed E-state index contributed by atoms with van der Waals surface area (Å²) in [5.41, 5.74) is 7.29. The van der Waals surface area contributed by atoms with Gasteiger partial charge in [-0.3, -0.25) is 4.79 Å². The van der Waals surface area contributed by atoms with Crippen molar-refractivity contribution in [1.82, 2.24) is 14.9 Å². The summed E-state index contributed by atoms with van der Waals surface area (Å²) in [5, 5.41) is 1.91. The number of para-hydroxylation sites is 1. The van der Waals surface area contributed by atoms with Gasteiger partial charge in [-0.15, -0.1) is 0 Å². The Hall–Kier alpha value is -2.93. The summed E-state index contributed by atoms with van der Waals surface area (Å²) in [6, 6.07) is 8.45. The SMILES string of the molecule is CC(C)N(C)CCCC1(C=O)CCCN(c2ncc(C(N)=O)c3[nH]c4ccccc4c23)C1. The summed E-state index contributed by atoms with van der Waals surface area (Å²) in [6.07, 6.45) is 6.40. The zero-order valence-corrected chi connectivity index (χ0v) is 19.2. The van der Waals surface area contributed by atoms with Gasteiger partial charge in [-0.2, -0.15) is 0 Å². The standard InChI is InChI=1S/C25H33N5O2/c1-17(2)29(3)12-6-10-25(16-31)11-7-13-30(15-25)24-21-18-8-4-5-9-20(18)28-22(21)19(14-27-24)23(26)32/h4-5,8-9,14,16-17,28H,6-7,10-13,15H2,1-3H3,(H2,26,32). The van der Waals surface area contributed by atoms with Gasteiger partial charge in [0.15, 0.2) is 0 Å². The number of aldehydes is 1. The Morgan fingerprint density at radius 1 is 1.38 bits per heavy atom. The van der Waals surface area contributed by atoms with Crippen LogP contribution in [0.1, 0.15) is 49.9 Å². The highest BCUT2D eigenvalue weighted by Gasteiger charge is 2.36. The highest BCUT2D eigenvalue weighted by atomic mass is 16.1. The van der Waals surface area contributed by atoms with Gasteiger partial charge in [-0.05, 0) is 59.2 Å². The summed E-state index contributed by atoms with van der Waals surface area (Å²) in [6.45, 7) is 6.82. The third-order valence-electron chi connectivity index (χ3n) is 7.01. The van der Waals surface area contributed by atoms with Crippen LogP contribution >= 0.6 is 0 Å². The number of pyridine rings is 1. The fourth-order valence-electron chi connectivity index (χ4n) is 4.90. The van der Waals surface area contributed by atoms with E-state index in [0.717, 1.165) is 60.9 Å². The van der Waals surface area contributed by atoms with Crippen LogP contribution in [0.4, 0.5) is 5.82 Å². The van der Waals surface area contributed by atoms with Crippen LogP contribution in [0.2, 0.25) is 0 Å². The highest BCUT2D eigenvalue weighted by Crippen LogP contribution is 2.39. The molecule has 1 atom stereocenters. The first-order chi connectivity index (χ1) is 15.3. The van der Waals surface area contributed by atoms with Gasteiger partial charge in [0, 0.05) is 41.6 Å². The molecular weight excluding hydrogens is 402 g/mol. The molecule has 0 bridgehead atoms. The lowest BCUT2D eigenvalue weighted by molar-refractivity contribution is -0.117. The van der Waals surface area contributed by atoms with Crippen molar-refractivity contribution >= 4 is 39.8 Å². The van der Waals surface area contributed by atoms with E-state index in [1.54, 1.807) is 6.20 Å². The van der Waals surface area contributed by atoms with Crippen molar-refractivity contribution in [2.45, 2.75) is 45.6 Å². The first-order valence-corrected chi connectivity index (χ1v) is 11.5. The van der Waals surface area contributed by atoms with E-state index in [1.165, 1.54) is 6.29 Å². The highest BCUT2D eigenvalue weighted by molar-refractivity contribution is 6.18. The molecule has 0 spiro atoms. The molecule has 3 aromatic rings. The van der Waals surface area contributed by atoms with Gasteiger partial charge in [0.05, 0.1) is 16.5 Å². The van der Waals surface area contributed by atoms with Crippen molar-refractivity contribution in [3.63, 3.8) is 0 Å². The first kappa shape index (κ1) is 22.3. The van der Waals surface area contributed by atoms with Gasteiger partial charge in [-0.25, -0.2) is 4.98 Å². The minimum Gasteiger partial charge on any atom is -0.365 e. The van der Waals surface area contributed by atoms with E-state index < -0.39 is 5.91 Å². The third-order valence-corrected chi connectivity index (χ3v) is 7.01. The third kappa shape index (κ3) is 4.09. The maximum atomic E-state index is 12.3. The predicted molar refractivity (Wildman–Crippen MR) is 129 cm³/mol. The molecule has 1 aliphatic heterocycles. The van der Waals surface area contributed by atoms with Crippen LogP contribution in [-0.2, 0) is 4.79 Å². The van der Waals surface area contributed by atoms with Gasteiger partial charge >= 0.3 is 0 Å². The molecular formula is C25H33N5O2. The number of nitrogens with two attached hydrogens (primary N) is 1.